The topological polar surface area (TPSA) is 92.2 Å². The summed E-state index contributed by atoms with van der Waals surface area (Å²) in [5, 5.41) is 13.2. The average Bonchev–Trinajstić information content (AvgIpc) is 3.06. The van der Waals surface area contributed by atoms with E-state index in [9.17, 15) is 14.0 Å². The van der Waals surface area contributed by atoms with Crippen LogP contribution in [0.4, 0.5) is 10.1 Å². The first kappa shape index (κ1) is 20.5. The van der Waals surface area contributed by atoms with Gasteiger partial charge in [0.05, 0.1) is 18.5 Å². The van der Waals surface area contributed by atoms with E-state index in [4.69, 9.17) is 4.74 Å². The summed E-state index contributed by atoms with van der Waals surface area (Å²) in [4.78, 5) is 24.4. The number of rotatable bonds is 6. The molecule has 2 aromatic carbocycles. The van der Waals surface area contributed by atoms with Gasteiger partial charge in [0.15, 0.2) is 5.17 Å². The van der Waals surface area contributed by atoms with Gasteiger partial charge in [-0.25, -0.2) is 4.39 Å². The van der Waals surface area contributed by atoms with Crippen molar-refractivity contribution in [2.45, 2.75) is 18.6 Å². The van der Waals surface area contributed by atoms with Crippen molar-refractivity contribution in [1.82, 2.24) is 5.32 Å². The Morgan fingerprint density at radius 3 is 2.69 bits per heavy atom. The van der Waals surface area contributed by atoms with Crippen molar-refractivity contribution in [3.05, 3.63) is 59.9 Å². The Labute approximate surface area is 171 Å². The Hall–Kier alpha value is -3.20. The number of amidine groups is 1. The monoisotopic (exact) mass is 414 g/mol. The number of ether oxygens (including phenoxy) is 1. The van der Waals surface area contributed by atoms with E-state index in [0.29, 0.717) is 22.3 Å². The van der Waals surface area contributed by atoms with E-state index in [2.05, 4.69) is 20.8 Å². The number of nitrogens with one attached hydrogen (secondary N) is 2. The molecule has 2 amide bonds. The summed E-state index contributed by atoms with van der Waals surface area (Å²) in [5.74, 6) is -0.411. The summed E-state index contributed by atoms with van der Waals surface area (Å²) in [6.07, 6.45) is -0.0196. The first-order chi connectivity index (χ1) is 14.0. The minimum atomic E-state index is -0.607. The molecule has 0 radical (unpaired) electrons. The summed E-state index contributed by atoms with van der Waals surface area (Å²) >= 11 is 1.14. The predicted molar refractivity (Wildman–Crippen MR) is 112 cm³/mol. The number of methoxy groups -OCH3 is 1. The van der Waals surface area contributed by atoms with Gasteiger partial charge in [0.25, 0.3) is 0 Å². The van der Waals surface area contributed by atoms with Crippen LogP contribution < -0.4 is 15.4 Å². The zero-order valence-corrected chi connectivity index (χ0v) is 16.6. The molecule has 0 aromatic heterocycles. The van der Waals surface area contributed by atoms with Crippen LogP contribution in [-0.2, 0) is 9.59 Å². The number of anilines is 1. The van der Waals surface area contributed by atoms with E-state index < -0.39 is 5.25 Å². The number of nitrogens with zero attached hydrogens (tertiary/aromatic N) is 2. The fraction of sp³-hybridized carbons (Fsp3) is 0.200. The quantitative estimate of drug-likeness (QED) is 0.561. The number of carbonyl (C=O) groups excluding carboxylic acids is 2. The van der Waals surface area contributed by atoms with Crippen LogP contribution in [-0.4, -0.2) is 35.1 Å². The van der Waals surface area contributed by atoms with Crippen LogP contribution in [0.2, 0.25) is 0 Å². The molecule has 2 aromatic rings. The Morgan fingerprint density at radius 1 is 1.24 bits per heavy atom. The lowest BCUT2D eigenvalue weighted by atomic mass is 10.1. The normalized spacial score (nSPS) is 17.9. The van der Waals surface area contributed by atoms with E-state index in [1.165, 1.54) is 19.2 Å². The first-order valence-electron chi connectivity index (χ1n) is 8.75. The predicted octanol–water partition coefficient (Wildman–Crippen LogP) is 3.17. The van der Waals surface area contributed by atoms with Gasteiger partial charge in [0.1, 0.15) is 16.8 Å². The number of thioether (sulfide) groups is 1. The average molecular weight is 414 g/mol. The van der Waals surface area contributed by atoms with Gasteiger partial charge in [-0.05, 0) is 36.8 Å². The fourth-order valence-corrected chi connectivity index (χ4v) is 3.49. The molecule has 0 spiro atoms. The molecule has 1 unspecified atom stereocenters. The van der Waals surface area contributed by atoms with Crippen molar-refractivity contribution in [3.8, 4) is 5.75 Å². The lowest BCUT2D eigenvalue weighted by Crippen LogP contribution is -2.28. The number of carbonyl (C=O) groups is 2. The number of hydrogen-bond acceptors (Lipinski definition) is 6. The third-order valence-corrected chi connectivity index (χ3v) is 5.15. The molecule has 0 bridgehead atoms. The molecule has 0 aliphatic carbocycles. The van der Waals surface area contributed by atoms with Crippen LogP contribution in [0, 0.1) is 5.82 Å². The molecule has 2 N–H and O–H groups in total. The maximum absolute atomic E-state index is 13.0. The highest BCUT2D eigenvalue weighted by Gasteiger charge is 2.32. The molecule has 29 heavy (non-hydrogen) atoms. The summed E-state index contributed by atoms with van der Waals surface area (Å²) in [6.45, 7) is 1.73. The maximum Gasteiger partial charge on any atom is 0.240 e. The molecule has 1 atom stereocenters. The molecular formula is C20H19FN4O3S. The minimum Gasteiger partial charge on any atom is -0.495 e. The number of benzene rings is 2. The second kappa shape index (κ2) is 9.33. The lowest BCUT2D eigenvalue weighted by molar-refractivity contribution is -0.122. The molecular weight excluding hydrogens is 395 g/mol. The first-order valence-corrected chi connectivity index (χ1v) is 9.63. The smallest absolute Gasteiger partial charge is 0.240 e. The maximum atomic E-state index is 13.0. The van der Waals surface area contributed by atoms with E-state index in [0.717, 1.165) is 17.3 Å². The van der Waals surface area contributed by atoms with Crippen molar-refractivity contribution >= 4 is 40.1 Å². The van der Waals surface area contributed by atoms with E-state index in [1.807, 2.05) is 0 Å². The molecule has 0 saturated carbocycles. The molecule has 9 heteroatoms. The van der Waals surface area contributed by atoms with Gasteiger partial charge in [-0.3, -0.25) is 9.59 Å². The highest BCUT2D eigenvalue weighted by atomic mass is 32.2. The lowest BCUT2D eigenvalue weighted by Gasteiger charge is -2.10. The summed E-state index contributed by atoms with van der Waals surface area (Å²) in [5.41, 5.74) is 1.83. The van der Waals surface area contributed by atoms with Gasteiger partial charge in [0, 0.05) is 6.42 Å². The second-order valence-corrected chi connectivity index (χ2v) is 7.34. The fourth-order valence-electron chi connectivity index (χ4n) is 2.57. The van der Waals surface area contributed by atoms with Crippen LogP contribution in [0.3, 0.4) is 0 Å². The standard InChI is InChI=1S/C20H19FN4O3S/c1-12(13-7-9-14(21)10-8-13)24-25-20-23-19(27)17(29-20)11-18(26)22-15-5-3-4-6-16(15)28-2/h3-10,17H,11H2,1-2H3,(H,22,26)(H,23,25,27)/b24-12-. The van der Waals surface area contributed by atoms with Crippen LogP contribution in [0.25, 0.3) is 0 Å². The Kier molecular flexibility index (Phi) is 6.61. The molecule has 7 nitrogen and oxygen atoms in total. The van der Waals surface area contributed by atoms with Crippen molar-refractivity contribution < 1.29 is 18.7 Å². The summed E-state index contributed by atoms with van der Waals surface area (Å²) in [7, 11) is 1.52. The Balaban J connectivity index is 1.61. The van der Waals surface area contributed by atoms with Crippen molar-refractivity contribution in [3.63, 3.8) is 0 Å². The van der Waals surface area contributed by atoms with Crippen molar-refractivity contribution in [2.24, 2.45) is 10.2 Å². The molecule has 3 rings (SSSR count). The summed E-state index contributed by atoms with van der Waals surface area (Å²) in [6, 6.07) is 12.9. The zero-order chi connectivity index (χ0) is 20.8. The molecule has 1 saturated heterocycles. The van der Waals surface area contributed by atoms with Crippen LogP contribution in [0.1, 0.15) is 18.9 Å². The van der Waals surface area contributed by atoms with E-state index >= 15 is 0 Å². The molecule has 150 valence electrons. The van der Waals surface area contributed by atoms with Gasteiger partial charge < -0.3 is 15.4 Å². The molecule has 1 heterocycles. The molecule has 1 aliphatic rings. The van der Waals surface area contributed by atoms with Crippen molar-refractivity contribution in [1.29, 1.82) is 0 Å². The molecule has 1 fully saturated rings. The Bertz CT molecular complexity index is 976. The van der Waals surface area contributed by atoms with Gasteiger partial charge in [-0.1, -0.05) is 36.0 Å². The SMILES string of the molecule is COc1ccccc1NC(=O)CC1S/C(=N\N=C(\C)c2ccc(F)cc2)NC1=O. The number of hydrogen-bond donors (Lipinski definition) is 2. The second-order valence-electron chi connectivity index (χ2n) is 6.15. The van der Waals surface area contributed by atoms with Crippen molar-refractivity contribution in [2.75, 3.05) is 12.4 Å². The molecule has 1 aliphatic heterocycles. The van der Waals surface area contributed by atoms with Gasteiger partial charge in [-0.15, -0.1) is 5.10 Å². The minimum absolute atomic E-state index is 0.0196. The van der Waals surface area contributed by atoms with Crippen LogP contribution >= 0.6 is 11.8 Å². The van der Waals surface area contributed by atoms with Crippen LogP contribution in [0.5, 0.6) is 5.75 Å². The third kappa shape index (κ3) is 5.41. The number of halogens is 1. The zero-order valence-electron chi connectivity index (χ0n) is 15.8. The number of amides is 2. The largest absolute Gasteiger partial charge is 0.495 e. The number of para-hydroxylation sites is 2. The van der Waals surface area contributed by atoms with Gasteiger partial charge >= 0.3 is 0 Å². The highest BCUT2D eigenvalue weighted by molar-refractivity contribution is 8.15. The van der Waals surface area contributed by atoms with Gasteiger partial charge in [-0.2, -0.15) is 5.10 Å². The third-order valence-electron chi connectivity index (χ3n) is 4.08. The van der Waals surface area contributed by atoms with Gasteiger partial charge in [0.2, 0.25) is 11.8 Å². The Morgan fingerprint density at radius 2 is 1.97 bits per heavy atom. The van der Waals surface area contributed by atoms with Crippen LogP contribution in [0.15, 0.2) is 58.7 Å². The van der Waals surface area contributed by atoms with E-state index in [-0.39, 0.29) is 24.1 Å². The highest BCUT2D eigenvalue weighted by Crippen LogP contribution is 2.26. The summed E-state index contributed by atoms with van der Waals surface area (Å²) < 4.78 is 18.2. The van der Waals surface area contributed by atoms with E-state index in [1.54, 1.807) is 43.3 Å².